The molecule has 0 spiro atoms. The molecule has 2 aromatic rings. The maximum Gasteiger partial charge on any atom is 0.0738 e. The lowest BCUT2D eigenvalue weighted by Gasteiger charge is -2.06. The molecule has 4 nitrogen and oxygen atoms in total. The minimum Gasteiger partial charge on any atom is -0.308 e. The number of benzene rings is 1. The van der Waals surface area contributed by atoms with Crippen LogP contribution < -0.4 is 5.32 Å². The molecule has 1 aromatic heterocycles. The first kappa shape index (κ1) is 11.4. The molecule has 18 heavy (non-hydrogen) atoms. The number of hydrogen-bond acceptors (Lipinski definition) is 3. The van der Waals surface area contributed by atoms with Crippen molar-refractivity contribution in [3.8, 4) is 0 Å². The van der Waals surface area contributed by atoms with Crippen LogP contribution >= 0.6 is 0 Å². The Morgan fingerprint density at radius 1 is 1.39 bits per heavy atom. The van der Waals surface area contributed by atoms with Crippen LogP contribution in [0, 0.1) is 6.92 Å². The Morgan fingerprint density at radius 2 is 2.22 bits per heavy atom. The Hall–Kier alpha value is -1.68. The number of nitrogens with one attached hydrogen (secondary N) is 1. The summed E-state index contributed by atoms with van der Waals surface area (Å²) < 4.78 is 1.82. The molecule has 0 unspecified atom stereocenters. The van der Waals surface area contributed by atoms with E-state index >= 15 is 0 Å². The smallest absolute Gasteiger partial charge is 0.0738 e. The van der Waals surface area contributed by atoms with E-state index in [0.717, 1.165) is 12.2 Å². The van der Waals surface area contributed by atoms with Crippen molar-refractivity contribution in [1.29, 1.82) is 0 Å². The first-order valence-corrected chi connectivity index (χ1v) is 6.38. The first-order valence-electron chi connectivity index (χ1n) is 6.38. The van der Waals surface area contributed by atoms with E-state index in [9.17, 15) is 0 Å². The van der Waals surface area contributed by atoms with Gasteiger partial charge in [-0.1, -0.05) is 29.5 Å². The van der Waals surface area contributed by atoms with E-state index in [-0.39, 0.29) is 0 Å². The molecule has 1 aliphatic rings. The van der Waals surface area contributed by atoms with E-state index < -0.39 is 0 Å². The highest BCUT2D eigenvalue weighted by atomic mass is 15.4. The van der Waals surface area contributed by atoms with Gasteiger partial charge in [0.1, 0.15) is 0 Å². The van der Waals surface area contributed by atoms with Gasteiger partial charge in [-0.2, -0.15) is 0 Å². The van der Waals surface area contributed by atoms with Crippen LogP contribution in [0.2, 0.25) is 0 Å². The van der Waals surface area contributed by atoms with E-state index in [1.54, 1.807) is 0 Å². The molecule has 0 bridgehead atoms. The van der Waals surface area contributed by atoms with E-state index in [4.69, 9.17) is 0 Å². The van der Waals surface area contributed by atoms with Gasteiger partial charge in [-0.25, -0.2) is 0 Å². The summed E-state index contributed by atoms with van der Waals surface area (Å²) in [5.74, 6) is 0.674. The maximum atomic E-state index is 3.93. The number of rotatable bonds is 4. The van der Waals surface area contributed by atoms with E-state index in [0.29, 0.717) is 12.0 Å². The molecule has 0 aliphatic heterocycles. The molecule has 4 heteroatoms. The molecule has 1 fully saturated rings. The van der Waals surface area contributed by atoms with Crippen LogP contribution in [0.1, 0.15) is 29.2 Å². The molecule has 1 saturated carbocycles. The molecular weight excluding hydrogens is 224 g/mol. The summed E-state index contributed by atoms with van der Waals surface area (Å²) in [7, 11) is 1.93. The predicted molar refractivity (Wildman–Crippen MR) is 70.2 cm³/mol. The lowest BCUT2D eigenvalue weighted by molar-refractivity contribution is 0.608. The molecule has 3 rings (SSSR count). The fourth-order valence-corrected chi connectivity index (χ4v) is 2.47. The second kappa shape index (κ2) is 4.53. The van der Waals surface area contributed by atoms with Crippen molar-refractivity contribution in [2.75, 3.05) is 0 Å². The summed E-state index contributed by atoms with van der Waals surface area (Å²) in [5, 5.41) is 11.4. The molecule has 1 heterocycles. The zero-order valence-corrected chi connectivity index (χ0v) is 10.8. The highest BCUT2D eigenvalue weighted by molar-refractivity contribution is 5.34. The zero-order valence-electron chi connectivity index (χ0n) is 10.8. The SMILES string of the molecule is Cc1ccccc1[C@@H]1C[C@H]1NCc1cnnn1C. The van der Waals surface area contributed by atoms with Gasteiger partial charge in [0.25, 0.3) is 0 Å². The minimum atomic E-state index is 0.598. The van der Waals surface area contributed by atoms with E-state index in [1.165, 1.54) is 17.5 Å². The average molecular weight is 242 g/mol. The summed E-state index contributed by atoms with van der Waals surface area (Å²) in [6.45, 7) is 3.03. The van der Waals surface area contributed by atoms with E-state index in [1.807, 2.05) is 17.9 Å². The van der Waals surface area contributed by atoms with Gasteiger partial charge in [-0.15, -0.1) is 5.10 Å². The molecule has 94 valence electrons. The molecule has 1 N–H and O–H groups in total. The van der Waals surface area contributed by atoms with Crippen LogP contribution in [-0.4, -0.2) is 21.0 Å². The number of hydrogen-bond donors (Lipinski definition) is 1. The summed E-state index contributed by atoms with van der Waals surface area (Å²) in [4.78, 5) is 0. The molecule has 1 aromatic carbocycles. The Bertz CT molecular complexity index is 546. The normalized spacial score (nSPS) is 22.1. The Morgan fingerprint density at radius 3 is 2.94 bits per heavy atom. The first-order chi connectivity index (χ1) is 8.75. The molecule has 1 aliphatic carbocycles. The number of aryl methyl sites for hydroxylation is 2. The molecule has 0 amide bonds. The number of aromatic nitrogens is 3. The second-order valence-electron chi connectivity index (χ2n) is 5.04. The zero-order chi connectivity index (χ0) is 12.5. The van der Waals surface area contributed by atoms with Crippen molar-refractivity contribution in [2.24, 2.45) is 7.05 Å². The standard InChI is InChI=1S/C14H18N4/c1-10-5-3-4-6-12(10)13-7-14(13)15-8-11-9-16-17-18(11)2/h3-6,9,13-15H,7-8H2,1-2H3/t13-,14+/m0/s1. The van der Waals surface area contributed by atoms with Crippen molar-refractivity contribution in [3.63, 3.8) is 0 Å². The fourth-order valence-electron chi connectivity index (χ4n) is 2.47. The van der Waals surface area contributed by atoms with Crippen LogP contribution in [0.4, 0.5) is 0 Å². The molecule has 0 saturated heterocycles. The fraction of sp³-hybridized carbons (Fsp3) is 0.429. The third-order valence-electron chi connectivity index (χ3n) is 3.73. The van der Waals surface area contributed by atoms with Crippen molar-refractivity contribution < 1.29 is 0 Å². The molecule has 2 atom stereocenters. The van der Waals surface area contributed by atoms with Gasteiger partial charge < -0.3 is 5.32 Å². The van der Waals surface area contributed by atoms with Gasteiger partial charge in [0.2, 0.25) is 0 Å². The van der Waals surface area contributed by atoms with Crippen molar-refractivity contribution >= 4 is 0 Å². The third-order valence-corrected chi connectivity index (χ3v) is 3.73. The average Bonchev–Trinajstić information content (AvgIpc) is 3.02. The van der Waals surface area contributed by atoms with Crippen LogP contribution in [0.5, 0.6) is 0 Å². The van der Waals surface area contributed by atoms with Crippen LogP contribution in [-0.2, 0) is 13.6 Å². The van der Waals surface area contributed by atoms with Gasteiger partial charge in [0, 0.05) is 25.6 Å². The van der Waals surface area contributed by atoms with Crippen LogP contribution in [0.15, 0.2) is 30.5 Å². The van der Waals surface area contributed by atoms with Crippen LogP contribution in [0.3, 0.4) is 0 Å². The lowest BCUT2D eigenvalue weighted by atomic mass is 10.0. The lowest BCUT2D eigenvalue weighted by Crippen LogP contribution is -2.19. The molecular formula is C14H18N4. The predicted octanol–water partition coefficient (Wildman–Crippen LogP) is 1.77. The van der Waals surface area contributed by atoms with E-state index in [2.05, 4.69) is 46.8 Å². The summed E-state index contributed by atoms with van der Waals surface area (Å²) in [6, 6.07) is 9.26. The maximum absolute atomic E-state index is 3.93. The topological polar surface area (TPSA) is 42.7 Å². The van der Waals surface area contributed by atoms with Gasteiger partial charge in [0.05, 0.1) is 11.9 Å². The van der Waals surface area contributed by atoms with Gasteiger partial charge >= 0.3 is 0 Å². The summed E-state index contributed by atoms with van der Waals surface area (Å²) >= 11 is 0. The highest BCUT2D eigenvalue weighted by Gasteiger charge is 2.38. The number of nitrogens with zero attached hydrogens (tertiary/aromatic N) is 3. The summed E-state index contributed by atoms with van der Waals surface area (Å²) in [5.41, 5.74) is 4.01. The molecule has 0 radical (unpaired) electrons. The van der Waals surface area contributed by atoms with Gasteiger partial charge in [-0.3, -0.25) is 4.68 Å². The minimum absolute atomic E-state index is 0.598. The third kappa shape index (κ3) is 2.16. The Balaban J connectivity index is 1.59. The van der Waals surface area contributed by atoms with Crippen molar-refractivity contribution in [3.05, 3.63) is 47.3 Å². The van der Waals surface area contributed by atoms with Gasteiger partial charge in [0.15, 0.2) is 0 Å². The summed E-state index contributed by atoms with van der Waals surface area (Å²) in [6.07, 6.45) is 3.05. The van der Waals surface area contributed by atoms with Crippen molar-refractivity contribution in [2.45, 2.75) is 31.8 Å². The van der Waals surface area contributed by atoms with Crippen LogP contribution in [0.25, 0.3) is 0 Å². The Kier molecular flexibility index (Phi) is 2.88. The Labute approximate surface area is 107 Å². The van der Waals surface area contributed by atoms with Crippen molar-refractivity contribution in [1.82, 2.24) is 20.3 Å². The quantitative estimate of drug-likeness (QED) is 0.888. The highest BCUT2D eigenvalue weighted by Crippen LogP contribution is 2.42. The monoisotopic (exact) mass is 242 g/mol. The second-order valence-corrected chi connectivity index (χ2v) is 5.04. The largest absolute Gasteiger partial charge is 0.308 e. The van der Waals surface area contributed by atoms with Gasteiger partial charge in [-0.05, 0) is 24.5 Å².